The zero-order valence-corrected chi connectivity index (χ0v) is 17.5. The molecule has 30 heavy (non-hydrogen) atoms. The molecule has 3 fully saturated rings. The molecular weight excluding hydrogens is 374 g/mol. The first-order valence-corrected chi connectivity index (χ1v) is 11.4. The molecule has 3 heterocycles. The van der Waals surface area contributed by atoms with Gasteiger partial charge in [0.1, 0.15) is 0 Å². The first-order valence-electron chi connectivity index (χ1n) is 11.4. The Morgan fingerprint density at radius 2 is 1.87 bits per heavy atom. The van der Waals surface area contributed by atoms with Gasteiger partial charge in [0, 0.05) is 51.4 Å². The third-order valence-corrected chi connectivity index (χ3v) is 6.68. The third-order valence-electron chi connectivity index (χ3n) is 6.68. The number of nitrogens with zero attached hydrogens (tertiary/aromatic N) is 4. The van der Waals surface area contributed by atoms with Gasteiger partial charge in [0.25, 0.3) is 0 Å². The summed E-state index contributed by atoms with van der Waals surface area (Å²) in [5.41, 5.74) is 2.30. The summed E-state index contributed by atoms with van der Waals surface area (Å²) >= 11 is 0. The summed E-state index contributed by atoms with van der Waals surface area (Å²) in [4.78, 5) is 27.2. The second-order valence-corrected chi connectivity index (χ2v) is 9.06. The molecule has 1 saturated carbocycles. The van der Waals surface area contributed by atoms with Gasteiger partial charge in [-0.15, -0.1) is 0 Å². The Bertz CT molecular complexity index is 863. The van der Waals surface area contributed by atoms with Gasteiger partial charge in [0.15, 0.2) is 0 Å². The van der Waals surface area contributed by atoms with Crippen LogP contribution < -0.4 is 10.2 Å². The lowest BCUT2D eigenvalue weighted by atomic mass is 9.92. The maximum atomic E-state index is 13.1. The predicted molar refractivity (Wildman–Crippen MR) is 117 cm³/mol. The molecule has 5 rings (SSSR count). The summed E-state index contributed by atoms with van der Waals surface area (Å²) in [5, 5.41) is 3.22. The standard InChI is InChI=1S/C24H31N5O/c30-23(26-14-18-8-9-18)21-17-28(15-19-6-2-1-3-7-19)16-20(21)22-10-11-25-24(27-22)29-12-4-5-13-29/h1-3,6-7,10-11,18,20-21H,4-5,8-9,12-17H2,(H,26,30)/t20-,21-/m0/s1. The van der Waals surface area contributed by atoms with Gasteiger partial charge in [-0.1, -0.05) is 30.3 Å². The quantitative estimate of drug-likeness (QED) is 0.768. The monoisotopic (exact) mass is 405 g/mol. The van der Waals surface area contributed by atoms with Gasteiger partial charge in [-0.25, -0.2) is 9.97 Å². The van der Waals surface area contributed by atoms with Crippen molar-refractivity contribution in [3.05, 3.63) is 53.9 Å². The highest BCUT2D eigenvalue weighted by Gasteiger charge is 2.40. The molecule has 1 aromatic carbocycles. The topological polar surface area (TPSA) is 61.4 Å². The first-order chi connectivity index (χ1) is 14.8. The summed E-state index contributed by atoms with van der Waals surface area (Å²) in [6.07, 6.45) is 6.77. The Balaban J connectivity index is 1.35. The Hall–Kier alpha value is -2.47. The minimum atomic E-state index is -0.0613. The van der Waals surface area contributed by atoms with Gasteiger partial charge in [-0.3, -0.25) is 9.69 Å². The maximum absolute atomic E-state index is 13.1. The molecule has 6 heteroatoms. The van der Waals surface area contributed by atoms with Crippen LogP contribution in [0, 0.1) is 11.8 Å². The van der Waals surface area contributed by atoms with Crippen molar-refractivity contribution in [3.8, 4) is 0 Å². The molecule has 158 valence electrons. The van der Waals surface area contributed by atoms with Gasteiger partial charge in [-0.05, 0) is 43.2 Å². The van der Waals surface area contributed by atoms with Crippen LogP contribution in [0.25, 0.3) is 0 Å². The van der Waals surface area contributed by atoms with E-state index in [0.717, 1.165) is 50.9 Å². The fourth-order valence-corrected chi connectivity index (χ4v) is 4.76. The molecule has 3 aliphatic rings. The van der Waals surface area contributed by atoms with Gasteiger partial charge in [0.2, 0.25) is 11.9 Å². The van der Waals surface area contributed by atoms with Crippen LogP contribution in [-0.4, -0.2) is 53.5 Å². The molecule has 1 amide bonds. The number of likely N-dealkylation sites (tertiary alicyclic amines) is 1. The number of aromatic nitrogens is 2. The van der Waals surface area contributed by atoms with E-state index in [1.807, 2.05) is 18.3 Å². The average Bonchev–Trinajstić information content (AvgIpc) is 3.26. The Morgan fingerprint density at radius 1 is 1.07 bits per heavy atom. The fourth-order valence-electron chi connectivity index (χ4n) is 4.76. The SMILES string of the molecule is O=C(NCC1CC1)[C@H]1CN(Cc2ccccc2)C[C@@H]1c1ccnc(N2CCCC2)n1. The minimum Gasteiger partial charge on any atom is -0.356 e. The maximum Gasteiger partial charge on any atom is 0.225 e. The van der Waals surface area contributed by atoms with Crippen molar-refractivity contribution in [2.24, 2.45) is 11.8 Å². The molecule has 2 aliphatic heterocycles. The van der Waals surface area contributed by atoms with Crippen LogP contribution in [0.5, 0.6) is 0 Å². The highest BCUT2D eigenvalue weighted by molar-refractivity contribution is 5.80. The van der Waals surface area contributed by atoms with Crippen LogP contribution in [0.3, 0.4) is 0 Å². The van der Waals surface area contributed by atoms with Crippen molar-refractivity contribution in [3.63, 3.8) is 0 Å². The van der Waals surface area contributed by atoms with E-state index in [1.54, 1.807) is 0 Å². The zero-order chi connectivity index (χ0) is 20.3. The average molecular weight is 406 g/mol. The molecule has 1 aliphatic carbocycles. The number of anilines is 1. The van der Waals surface area contributed by atoms with E-state index in [2.05, 4.69) is 44.4 Å². The summed E-state index contributed by atoms with van der Waals surface area (Å²) in [7, 11) is 0. The van der Waals surface area contributed by atoms with Crippen LogP contribution >= 0.6 is 0 Å². The number of amides is 1. The lowest BCUT2D eigenvalue weighted by molar-refractivity contribution is -0.125. The van der Waals surface area contributed by atoms with E-state index in [4.69, 9.17) is 4.98 Å². The van der Waals surface area contributed by atoms with E-state index in [-0.39, 0.29) is 17.7 Å². The van der Waals surface area contributed by atoms with Gasteiger partial charge >= 0.3 is 0 Å². The molecule has 6 nitrogen and oxygen atoms in total. The van der Waals surface area contributed by atoms with Crippen molar-refractivity contribution >= 4 is 11.9 Å². The summed E-state index contributed by atoms with van der Waals surface area (Å²) in [5.74, 6) is 1.74. The molecular formula is C24H31N5O. The molecule has 0 spiro atoms. The van der Waals surface area contributed by atoms with Crippen LogP contribution in [-0.2, 0) is 11.3 Å². The number of carbonyl (C=O) groups excluding carboxylic acids is 1. The molecule has 1 aromatic heterocycles. The Kier molecular flexibility index (Phi) is 5.67. The molecule has 0 bridgehead atoms. The van der Waals surface area contributed by atoms with E-state index in [0.29, 0.717) is 5.92 Å². The van der Waals surface area contributed by atoms with Crippen LogP contribution in [0.15, 0.2) is 42.6 Å². The molecule has 0 unspecified atom stereocenters. The lowest BCUT2D eigenvalue weighted by Crippen LogP contribution is -2.36. The van der Waals surface area contributed by atoms with Gasteiger partial charge < -0.3 is 10.2 Å². The van der Waals surface area contributed by atoms with Crippen molar-refractivity contribution in [1.29, 1.82) is 0 Å². The van der Waals surface area contributed by atoms with E-state index in [1.165, 1.54) is 31.2 Å². The molecule has 2 saturated heterocycles. The number of nitrogens with one attached hydrogen (secondary N) is 1. The molecule has 2 aromatic rings. The number of benzene rings is 1. The Labute approximate surface area is 178 Å². The largest absolute Gasteiger partial charge is 0.356 e. The predicted octanol–water partition coefficient (Wildman–Crippen LogP) is 2.82. The number of hydrogen-bond acceptors (Lipinski definition) is 5. The molecule has 1 N–H and O–H groups in total. The first kappa shape index (κ1) is 19.5. The van der Waals surface area contributed by atoms with Crippen molar-refractivity contribution in [2.75, 3.05) is 37.6 Å². The number of hydrogen-bond donors (Lipinski definition) is 1. The number of carbonyl (C=O) groups is 1. The van der Waals surface area contributed by atoms with E-state index >= 15 is 0 Å². The van der Waals surface area contributed by atoms with Crippen molar-refractivity contribution < 1.29 is 4.79 Å². The van der Waals surface area contributed by atoms with Crippen molar-refractivity contribution in [1.82, 2.24) is 20.2 Å². The summed E-state index contributed by atoms with van der Waals surface area (Å²) < 4.78 is 0. The second kappa shape index (κ2) is 8.72. The highest BCUT2D eigenvalue weighted by atomic mass is 16.2. The van der Waals surface area contributed by atoms with E-state index in [9.17, 15) is 4.79 Å². The Morgan fingerprint density at radius 3 is 2.63 bits per heavy atom. The van der Waals surface area contributed by atoms with E-state index < -0.39 is 0 Å². The molecule has 0 radical (unpaired) electrons. The van der Waals surface area contributed by atoms with Crippen molar-refractivity contribution in [2.45, 2.75) is 38.1 Å². The van der Waals surface area contributed by atoms with Gasteiger partial charge in [0.05, 0.1) is 11.6 Å². The highest BCUT2D eigenvalue weighted by Crippen LogP contribution is 2.34. The fraction of sp³-hybridized carbons (Fsp3) is 0.542. The van der Waals surface area contributed by atoms with Crippen LogP contribution in [0.1, 0.15) is 42.9 Å². The second-order valence-electron chi connectivity index (χ2n) is 9.06. The normalized spacial score (nSPS) is 24.3. The van der Waals surface area contributed by atoms with Crippen LogP contribution in [0.4, 0.5) is 5.95 Å². The summed E-state index contributed by atoms with van der Waals surface area (Å²) in [6.45, 7) is 5.38. The van der Waals surface area contributed by atoms with Crippen LogP contribution in [0.2, 0.25) is 0 Å². The lowest BCUT2D eigenvalue weighted by Gasteiger charge is -2.20. The smallest absolute Gasteiger partial charge is 0.225 e. The van der Waals surface area contributed by atoms with Gasteiger partial charge in [-0.2, -0.15) is 0 Å². The number of rotatable bonds is 7. The summed E-state index contributed by atoms with van der Waals surface area (Å²) in [6, 6.07) is 12.5. The minimum absolute atomic E-state index is 0.0613. The zero-order valence-electron chi connectivity index (χ0n) is 17.5. The third kappa shape index (κ3) is 4.48. The molecule has 2 atom stereocenters.